The summed E-state index contributed by atoms with van der Waals surface area (Å²) in [6, 6.07) is 69.4. The fraction of sp³-hybridized carbons (Fsp3) is 0. The fourth-order valence-corrected chi connectivity index (χ4v) is 9.20. The van der Waals surface area contributed by atoms with Gasteiger partial charge < -0.3 is 9.32 Å². The Labute approximate surface area is 322 Å². The van der Waals surface area contributed by atoms with Gasteiger partial charge in [0.1, 0.15) is 5.52 Å². The topological polar surface area (TPSA) is 29.3 Å². The zero-order chi connectivity index (χ0) is 36.3. The van der Waals surface area contributed by atoms with E-state index in [0.29, 0.717) is 5.89 Å². The van der Waals surface area contributed by atoms with Crippen LogP contribution in [0.25, 0.3) is 86.5 Å². The SMILES string of the molecule is c1ccc(-c2nc3ccc4ccc5ccc(N(c6ccc7sc8ccccc8c7c6)c6ccccc6-c6ccccc6-c6ccccc6)cc5c4c3o2)cc1. The van der Waals surface area contributed by atoms with Gasteiger partial charge in [-0.25, -0.2) is 4.98 Å². The van der Waals surface area contributed by atoms with Crippen LogP contribution in [0.15, 0.2) is 199 Å². The van der Waals surface area contributed by atoms with E-state index < -0.39 is 0 Å². The first-order valence-electron chi connectivity index (χ1n) is 18.5. The van der Waals surface area contributed by atoms with Gasteiger partial charge in [0.2, 0.25) is 5.89 Å². The molecule has 0 aliphatic heterocycles. The molecular formula is C51H32N2OS. The zero-order valence-electron chi connectivity index (χ0n) is 29.7. The number of thiophene rings is 1. The van der Waals surface area contributed by atoms with Gasteiger partial charge in [-0.1, -0.05) is 133 Å². The summed E-state index contributed by atoms with van der Waals surface area (Å²) in [5.74, 6) is 0.625. The van der Waals surface area contributed by atoms with Crippen LogP contribution in [0.2, 0.25) is 0 Å². The standard InChI is InChI=1S/C51H32N2OS/c1-3-13-33(14-4-1)39-17-7-8-18-40(39)41-19-9-11-21-46(41)53(38-28-30-48-44(32-38)42-20-10-12-22-47(42)55-48)37-27-25-34-23-24-35-26-29-45-50(49(35)43(34)31-37)54-51(52-45)36-15-5-2-6-16-36/h1-32H. The number of hydrogen-bond donors (Lipinski definition) is 0. The van der Waals surface area contributed by atoms with E-state index in [9.17, 15) is 0 Å². The first-order valence-corrected chi connectivity index (χ1v) is 19.4. The molecule has 0 saturated carbocycles. The number of rotatable bonds is 6. The van der Waals surface area contributed by atoms with Gasteiger partial charge in [-0.2, -0.15) is 0 Å². The fourth-order valence-electron chi connectivity index (χ4n) is 8.12. The van der Waals surface area contributed by atoms with Crippen LogP contribution in [-0.2, 0) is 0 Å². The number of fused-ring (bicyclic) bond motifs is 8. The molecule has 0 spiro atoms. The molecule has 258 valence electrons. The summed E-state index contributed by atoms with van der Waals surface area (Å²) in [4.78, 5) is 7.37. The van der Waals surface area contributed by atoms with Gasteiger partial charge >= 0.3 is 0 Å². The summed E-state index contributed by atoms with van der Waals surface area (Å²) in [5, 5.41) is 6.97. The number of benzene rings is 9. The maximum atomic E-state index is 6.63. The van der Waals surface area contributed by atoms with Crippen LogP contribution < -0.4 is 4.90 Å². The van der Waals surface area contributed by atoms with Crippen molar-refractivity contribution in [2.24, 2.45) is 0 Å². The first-order chi connectivity index (χ1) is 27.3. The number of oxazole rings is 1. The van der Waals surface area contributed by atoms with E-state index in [2.05, 4.69) is 169 Å². The lowest BCUT2D eigenvalue weighted by Crippen LogP contribution is -2.11. The Balaban J connectivity index is 1.18. The van der Waals surface area contributed by atoms with E-state index in [-0.39, 0.29) is 0 Å². The second kappa shape index (κ2) is 12.8. The van der Waals surface area contributed by atoms with Gasteiger partial charge in [0.25, 0.3) is 0 Å². The van der Waals surface area contributed by atoms with E-state index in [1.807, 2.05) is 41.7 Å². The summed E-state index contributed by atoms with van der Waals surface area (Å²) in [6.45, 7) is 0. The molecule has 4 heteroatoms. The molecule has 55 heavy (non-hydrogen) atoms. The third-order valence-electron chi connectivity index (χ3n) is 10.7. The molecule has 2 aromatic heterocycles. The minimum atomic E-state index is 0.625. The number of para-hydroxylation sites is 1. The molecule has 0 aliphatic rings. The average molecular weight is 721 g/mol. The van der Waals surface area contributed by atoms with Crippen LogP contribution >= 0.6 is 11.3 Å². The summed E-state index contributed by atoms with van der Waals surface area (Å²) >= 11 is 1.84. The minimum Gasteiger partial charge on any atom is -0.435 e. The number of anilines is 3. The molecule has 0 saturated heterocycles. The molecular weight excluding hydrogens is 689 g/mol. The molecule has 9 aromatic carbocycles. The summed E-state index contributed by atoms with van der Waals surface area (Å²) in [7, 11) is 0. The van der Waals surface area contributed by atoms with Gasteiger partial charge in [0.15, 0.2) is 5.58 Å². The van der Waals surface area contributed by atoms with Crippen LogP contribution in [-0.4, -0.2) is 4.98 Å². The highest BCUT2D eigenvalue weighted by Crippen LogP contribution is 2.47. The first kappa shape index (κ1) is 31.5. The normalized spacial score (nSPS) is 11.6. The molecule has 11 aromatic rings. The molecule has 11 rings (SSSR count). The minimum absolute atomic E-state index is 0.625. The van der Waals surface area contributed by atoms with E-state index >= 15 is 0 Å². The molecule has 0 N–H and O–H groups in total. The predicted molar refractivity (Wildman–Crippen MR) is 233 cm³/mol. The van der Waals surface area contributed by atoms with Crippen molar-refractivity contribution in [3.8, 4) is 33.7 Å². The van der Waals surface area contributed by atoms with Crippen LogP contribution in [0.1, 0.15) is 0 Å². The van der Waals surface area contributed by atoms with Crippen LogP contribution in [0.3, 0.4) is 0 Å². The van der Waals surface area contributed by atoms with Gasteiger partial charge in [-0.15, -0.1) is 11.3 Å². The second-order valence-electron chi connectivity index (χ2n) is 13.9. The lowest BCUT2D eigenvalue weighted by molar-refractivity contribution is 0.623. The van der Waals surface area contributed by atoms with Gasteiger partial charge in [-0.3, -0.25) is 0 Å². The van der Waals surface area contributed by atoms with Gasteiger partial charge in [0.05, 0.1) is 5.69 Å². The van der Waals surface area contributed by atoms with Crippen molar-refractivity contribution in [3.05, 3.63) is 194 Å². The Hall–Kier alpha value is -7.01. The Kier molecular flexibility index (Phi) is 7.35. The van der Waals surface area contributed by atoms with E-state index in [4.69, 9.17) is 9.40 Å². The summed E-state index contributed by atoms with van der Waals surface area (Å²) in [5.41, 5.74) is 10.6. The largest absolute Gasteiger partial charge is 0.435 e. The van der Waals surface area contributed by atoms with Crippen molar-refractivity contribution in [3.63, 3.8) is 0 Å². The average Bonchev–Trinajstić information content (AvgIpc) is 3.86. The van der Waals surface area contributed by atoms with Crippen molar-refractivity contribution >= 4 is 81.2 Å². The Bertz CT molecular complexity index is 3220. The van der Waals surface area contributed by atoms with Crippen molar-refractivity contribution in [1.82, 2.24) is 4.98 Å². The summed E-state index contributed by atoms with van der Waals surface area (Å²) < 4.78 is 9.20. The van der Waals surface area contributed by atoms with E-state index in [0.717, 1.165) is 60.8 Å². The highest BCUT2D eigenvalue weighted by atomic mass is 32.1. The number of hydrogen-bond acceptors (Lipinski definition) is 4. The third-order valence-corrected chi connectivity index (χ3v) is 11.8. The van der Waals surface area contributed by atoms with Crippen molar-refractivity contribution in [2.45, 2.75) is 0 Å². The van der Waals surface area contributed by atoms with E-state index in [1.165, 1.54) is 36.9 Å². The molecule has 2 heterocycles. The predicted octanol–water partition coefficient (Wildman–Crippen LogP) is 15.0. The van der Waals surface area contributed by atoms with E-state index in [1.54, 1.807) is 0 Å². The zero-order valence-corrected chi connectivity index (χ0v) is 30.5. The quantitative estimate of drug-likeness (QED) is 0.160. The highest BCUT2D eigenvalue weighted by molar-refractivity contribution is 7.25. The third kappa shape index (κ3) is 5.30. The number of nitrogens with zero attached hydrogens (tertiary/aromatic N) is 2. The number of aromatic nitrogens is 1. The van der Waals surface area contributed by atoms with Crippen LogP contribution in [0, 0.1) is 0 Å². The Morgan fingerprint density at radius 1 is 0.436 bits per heavy atom. The molecule has 0 radical (unpaired) electrons. The van der Waals surface area contributed by atoms with Crippen LogP contribution in [0.5, 0.6) is 0 Å². The van der Waals surface area contributed by atoms with Crippen LogP contribution in [0.4, 0.5) is 17.1 Å². The summed E-state index contributed by atoms with van der Waals surface area (Å²) in [6.07, 6.45) is 0. The molecule has 0 aliphatic carbocycles. The molecule has 0 fully saturated rings. The molecule has 0 atom stereocenters. The van der Waals surface area contributed by atoms with Gasteiger partial charge in [0, 0.05) is 48.1 Å². The second-order valence-corrected chi connectivity index (χ2v) is 15.0. The van der Waals surface area contributed by atoms with Crippen molar-refractivity contribution in [2.75, 3.05) is 4.90 Å². The molecule has 0 bridgehead atoms. The monoisotopic (exact) mass is 720 g/mol. The van der Waals surface area contributed by atoms with Crippen molar-refractivity contribution in [1.29, 1.82) is 0 Å². The molecule has 3 nitrogen and oxygen atoms in total. The highest BCUT2D eigenvalue weighted by Gasteiger charge is 2.21. The van der Waals surface area contributed by atoms with Gasteiger partial charge in [-0.05, 0) is 93.5 Å². The lowest BCUT2D eigenvalue weighted by atomic mass is 9.93. The molecule has 0 unspecified atom stereocenters. The smallest absolute Gasteiger partial charge is 0.227 e. The molecule has 0 amide bonds. The lowest BCUT2D eigenvalue weighted by Gasteiger charge is -2.29. The Morgan fingerprint density at radius 3 is 1.87 bits per heavy atom. The van der Waals surface area contributed by atoms with Crippen molar-refractivity contribution < 1.29 is 4.42 Å². The Morgan fingerprint density at radius 2 is 1.04 bits per heavy atom. The maximum Gasteiger partial charge on any atom is 0.227 e. The maximum absolute atomic E-state index is 6.63.